The van der Waals surface area contributed by atoms with Gasteiger partial charge in [-0.15, -0.1) is 0 Å². The van der Waals surface area contributed by atoms with Crippen LogP contribution in [0.2, 0.25) is 0 Å². The number of amides is 2. The number of urea groups is 1. The Morgan fingerprint density at radius 2 is 2.33 bits per heavy atom. The van der Waals surface area contributed by atoms with E-state index < -0.39 is 11.5 Å². The van der Waals surface area contributed by atoms with Crippen molar-refractivity contribution in [3.05, 3.63) is 0 Å². The zero-order chi connectivity index (χ0) is 13.2. The highest BCUT2D eigenvalue weighted by Gasteiger charge is 2.45. The second-order valence-electron chi connectivity index (χ2n) is 4.75. The van der Waals surface area contributed by atoms with Gasteiger partial charge in [0.25, 0.3) is 0 Å². The first-order valence-electron chi connectivity index (χ1n) is 5.99. The van der Waals surface area contributed by atoms with Crippen LogP contribution in [-0.4, -0.2) is 65.4 Å². The minimum atomic E-state index is -1.25. The average molecular weight is 274 g/mol. The summed E-state index contributed by atoms with van der Waals surface area (Å²) in [6.07, 6.45) is 1.28. The van der Waals surface area contributed by atoms with E-state index in [4.69, 9.17) is 4.74 Å². The van der Waals surface area contributed by atoms with Crippen LogP contribution < -0.4 is 5.32 Å². The third kappa shape index (κ3) is 2.56. The Hall–Kier alpha value is -0.950. The lowest BCUT2D eigenvalue weighted by molar-refractivity contribution is -0.144. The molecule has 2 fully saturated rings. The number of nitrogens with one attached hydrogen (secondary N) is 1. The first-order valence-corrected chi connectivity index (χ1v) is 7.14. The van der Waals surface area contributed by atoms with E-state index in [0.29, 0.717) is 13.0 Å². The van der Waals surface area contributed by atoms with Crippen LogP contribution in [0.5, 0.6) is 0 Å². The molecule has 2 amide bonds. The molecule has 0 aliphatic carbocycles. The lowest BCUT2D eigenvalue weighted by Crippen LogP contribution is -2.59. The maximum atomic E-state index is 12.1. The Bertz CT molecular complexity index is 338. The summed E-state index contributed by atoms with van der Waals surface area (Å²) in [6.45, 7) is 0.414. The highest BCUT2D eigenvalue weighted by atomic mass is 32.2. The maximum Gasteiger partial charge on any atom is 0.332 e. The van der Waals surface area contributed by atoms with Gasteiger partial charge in [-0.2, -0.15) is 11.8 Å². The second kappa shape index (κ2) is 5.36. The first kappa shape index (κ1) is 13.5. The number of nitrogens with zero attached hydrogens (tertiary/aromatic N) is 1. The molecule has 0 aromatic rings. The third-order valence-electron chi connectivity index (χ3n) is 3.55. The van der Waals surface area contributed by atoms with Gasteiger partial charge in [-0.1, -0.05) is 0 Å². The number of hydrogen-bond acceptors (Lipinski definition) is 4. The summed E-state index contributed by atoms with van der Waals surface area (Å²) in [4.78, 5) is 25.0. The van der Waals surface area contributed by atoms with Gasteiger partial charge in [0.05, 0.1) is 6.61 Å². The molecule has 7 heteroatoms. The standard InChI is InChI=1S/C11H18N2O4S/c1-13(8-2-5-18-6-8)10(16)12-11(9(14)15)3-4-17-7-11/h8H,2-7H2,1H3,(H,12,16)(H,14,15). The van der Waals surface area contributed by atoms with E-state index in [-0.39, 0.29) is 18.7 Å². The number of carbonyl (C=O) groups is 2. The highest BCUT2D eigenvalue weighted by Crippen LogP contribution is 2.23. The molecule has 2 rings (SSSR count). The van der Waals surface area contributed by atoms with E-state index in [1.807, 2.05) is 11.8 Å². The molecule has 18 heavy (non-hydrogen) atoms. The largest absolute Gasteiger partial charge is 0.479 e. The predicted molar refractivity (Wildman–Crippen MR) is 67.8 cm³/mol. The quantitative estimate of drug-likeness (QED) is 0.777. The number of carboxylic acid groups (broad SMARTS) is 1. The SMILES string of the molecule is CN(C(=O)NC1(C(=O)O)CCOC1)C1CCSC1. The molecular weight excluding hydrogens is 256 g/mol. The molecule has 2 aliphatic rings. The lowest BCUT2D eigenvalue weighted by Gasteiger charge is -2.30. The summed E-state index contributed by atoms with van der Waals surface area (Å²) in [5, 5.41) is 11.9. The van der Waals surface area contributed by atoms with Crippen molar-refractivity contribution in [2.75, 3.05) is 31.8 Å². The van der Waals surface area contributed by atoms with Gasteiger partial charge in [-0.05, 0) is 12.2 Å². The van der Waals surface area contributed by atoms with Crippen LogP contribution in [-0.2, 0) is 9.53 Å². The topological polar surface area (TPSA) is 78.9 Å². The smallest absolute Gasteiger partial charge is 0.332 e. The summed E-state index contributed by atoms with van der Waals surface area (Å²) >= 11 is 1.81. The molecule has 2 saturated heterocycles. The molecule has 102 valence electrons. The van der Waals surface area contributed by atoms with E-state index in [2.05, 4.69) is 5.32 Å². The van der Waals surface area contributed by atoms with E-state index >= 15 is 0 Å². The van der Waals surface area contributed by atoms with Crippen molar-refractivity contribution in [2.24, 2.45) is 0 Å². The Balaban J connectivity index is 1.98. The number of carboxylic acids is 1. The number of carbonyl (C=O) groups excluding carboxylic acids is 1. The summed E-state index contributed by atoms with van der Waals surface area (Å²) in [5.41, 5.74) is -1.25. The number of rotatable bonds is 3. The van der Waals surface area contributed by atoms with Gasteiger partial charge in [-0.3, -0.25) is 0 Å². The van der Waals surface area contributed by atoms with Crippen molar-refractivity contribution in [3.8, 4) is 0 Å². The molecule has 2 aliphatic heterocycles. The van der Waals surface area contributed by atoms with Crippen LogP contribution in [0.15, 0.2) is 0 Å². The summed E-state index contributed by atoms with van der Waals surface area (Å²) in [7, 11) is 1.72. The summed E-state index contributed by atoms with van der Waals surface area (Å²) < 4.78 is 5.11. The number of thioether (sulfide) groups is 1. The van der Waals surface area contributed by atoms with Gasteiger partial charge in [0.1, 0.15) is 0 Å². The Kier molecular flexibility index (Phi) is 4.01. The van der Waals surface area contributed by atoms with Crippen LogP contribution in [0.3, 0.4) is 0 Å². The van der Waals surface area contributed by atoms with Crippen molar-refractivity contribution in [1.82, 2.24) is 10.2 Å². The van der Waals surface area contributed by atoms with Crippen LogP contribution in [0.25, 0.3) is 0 Å². The van der Waals surface area contributed by atoms with Gasteiger partial charge in [-0.25, -0.2) is 9.59 Å². The zero-order valence-electron chi connectivity index (χ0n) is 10.3. The van der Waals surface area contributed by atoms with Crippen molar-refractivity contribution in [3.63, 3.8) is 0 Å². The molecule has 2 unspecified atom stereocenters. The molecule has 0 aromatic carbocycles. The second-order valence-corrected chi connectivity index (χ2v) is 5.90. The highest BCUT2D eigenvalue weighted by molar-refractivity contribution is 7.99. The average Bonchev–Trinajstić information content (AvgIpc) is 2.99. The predicted octanol–water partition coefficient (Wildman–Crippen LogP) is 0.377. The van der Waals surface area contributed by atoms with Crippen LogP contribution in [0, 0.1) is 0 Å². The van der Waals surface area contributed by atoms with Gasteiger partial charge in [0.2, 0.25) is 0 Å². The van der Waals surface area contributed by atoms with Crippen LogP contribution in [0.4, 0.5) is 4.79 Å². The monoisotopic (exact) mass is 274 g/mol. The van der Waals surface area contributed by atoms with E-state index in [0.717, 1.165) is 17.9 Å². The third-order valence-corrected chi connectivity index (χ3v) is 4.70. The van der Waals surface area contributed by atoms with Gasteiger partial charge < -0.3 is 20.1 Å². The molecule has 0 saturated carbocycles. The van der Waals surface area contributed by atoms with E-state index in [1.165, 1.54) is 0 Å². The zero-order valence-corrected chi connectivity index (χ0v) is 11.2. The minimum Gasteiger partial charge on any atom is -0.479 e. The van der Waals surface area contributed by atoms with Crippen molar-refractivity contribution in [2.45, 2.75) is 24.4 Å². The van der Waals surface area contributed by atoms with E-state index in [9.17, 15) is 14.7 Å². The number of hydrogen-bond donors (Lipinski definition) is 2. The molecule has 0 radical (unpaired) electrons. The Labute approximate surface area is 110 Å². The number of ether oxygens (including phenoxy) is 1. The van der Waals surface area contributed by atoms with Crippen LogP contribution >= 0.6 is 11.8 Å². The fraction of sp³-hybridized carbons (Fsp3) is 0.818. The molecular formula is C11H18N2O4S. The summed E-state index contributed by atoms with van der Waals surface area (Å²) in [5.74, 6) is 0.943. The normalized spacial score (nSPS) is 31.3. The van der Waals surface area contributed by atoms with Crippen LogP contribution in [0.1, 0.15) is 12.8 Å². The number of aliphatic carboxylic acids is 1. The van der Waals surface area contributed by atoms with Crippen molar-refractivity contribution in [1.29, 1.82) is 0 Å². The summed E-state index contributed by atoms with van der Waals surface area (Å²) in [6, 6.07) is -0.126. The minimum absolute atomic E-state index is 0.0430. The molecule has 0 aromatic heterocycles. The van der Waals surface area contributed by atoms with E-state index in [1.54, 1.807) is 11.9 Å². The molecule has 6 nitrogen and oxygen atoms in total. The Morgan fingerprint density at radius 1 is 1.56 bits per heavy atom. The van der Waals surface area contributed by atoms with Crippen molar-refractivity contribution < 1.29 is 19.4 Å². The van der Waals surface area contributed by atoms with Crippen molar-refractivity contribution >= 4 is 23.8 Å². The lowest BCUT2D eigenvalue weighted by atomic mass is 9.99. The van der Waals surface area contributed by atoms with Gasteiger partial charge in [0.15, 0.2) is 5.54 Å². The molecule has 2 N–H and O–H groups in total. The maximum absolute atomic E-state index is 12.1. The molecule has 0 bridgehead atoms. The first-order chi connectivity index (χ1) is 8.55. The van der Waals surface area contributed by atoms with Gasteiger partial charge in [0, 0.05) is 31.9 Å². The molecule has 2 atom stereocenters. The molecule has 0 spiro atoms. The fourth-order valence-electron chi connectivity index (χ4n) is 2.17. The Morgan fingerprint density at radius 3 is 2.83 bits per heavy atom. The fourth-order valence-corrected chi connectivity index (χ4v) is 3.44. The van der Waals surface area contributed by atoms with Gasteiger partial charge >= 0.3 is 12.0 Å². The molecule has 2 heterocycles.